The molecule has 0 saturated carbocycles. The first-order valence-corrected chi connectivity index (χ1v) is 5.82. The zero-order valence-electron chi connectivity index (χ0n) is 10.1. The van der Waals surface area contributed by atoms with Gasteiger partial charge in [-0.25, -0.2) is 4.98 Å². The third-order valence-electron chi connectivity index (χ3n) is 2.37. The Morgan fingerprint density at radius 1 is 1.41 bits per heavy atom. The number of nitro groups is 1. The number of nitrogens with zero attached hydrogens (tertiary/aromatic N) is 4. The predicted molar refractivity (Wildman–Crippen MR) is 66.6 cm³/mol. The van der Waals surface area contributed by atoms with Gasteiger partial charge < -0.3 is 4.90 Å². The van der Waals surface area contributed by atoms with Crippen molar-refractivity contribution in [3.63, 3.8) is 0 Å². The Labute approximate surface area is 105 Å². The molecule has 1 aromatic heterocycles. The van der Waals surface area contributed by atoms with Crippen LogP contribution in [0.4, 0.5) is 11.5 Å². The van der Waals surface area contributed by atoms with E-state index in [0.717, 1.165) is 6.42 Å². The van der Waals surface area contributed by atoms with Gasteiger partial charge in [0.1, 0.15) is 5.69 Å². The van der Waals surface area contributed by atoms with Crippen LogP contribution in [0.3, 0.4) is 0 Å². The summed E-state index contributed by atoms with van der Waals surface area (Å²) in [5.41, 5.74) is 0.226. The molecule has 1 aromatic rings. The van der Waals surface area contributed by atoms with Gasteiger partial charge in [0.05, 0.1) is 4.92 Å². The Bertz CT molecular complexity index is 425. The second-order valence-corrected chi connectivity index (χ2v) is 3.93. The van der Waals surface area contributed by atoms with Crippen LogP contribution in [0.25, 0.3) is 0 Å². The van der Waals surface area contributed by atoms with E-state index in [4.69, 9.17) is 11.6 Å². The maximum Gasteiger partial charge on any atom is 0.332 e. The molecule has 0 fully saturated rings. The lowest BCUT2D eigenvalue weighted by Crippen LogP contribution is -2.26. The van der Waals surface area contributed by atoms with Crippen LogP contribution >= 0.6 is 11.6 Å². The zero-order chi connectivity index (χ0) is 13.0. The summed E-state index contributed by atoms with van der Waals surface area (Å²) in [6.45, 7) is 6.83. The van der Waals surface area contributed by atoms with Gasteiger partial charge in [0, 0.05) is 13.1 Å². The SMILES string of the molecule is CCCN(CC)c1nc(Cl)nc(C)c1[N+](=O)[O-]. The molecule has 94 valence electrons. The predicted octanol–water partition coefficient (Wildman–Crippen LogP) is 2.58. The molecule has 17 heavy (non-hydrogen) atoms. The van der Waals surface area contributed by atoms with Crippen molar-refractivity contribution in [2.45, 2.75) is 27.2 Å². The Kier molecular flexibility index (Phi) is 4.62. The number of anilines is 1. The second kappa shape index (κ2) is 5.77. The summed E-state index contributed by atoms with van der Waals surface area (Å²) < 4.78 is 0. The number of hydrogen-bond donors (Lipinski definition) is 0. The molecule has 0 amide bonds. The van der Waals surface area contributed by atoms with Gasteiger partial charge in [-0.1, -0.05) is 6.92 Å². The lowest BCUT2D eigenvalue weighted by atomic mass is 10.3. The first-order chi connectivity index (χ1) is 8.01. The van der Waals surface area contributed by atoms with Gasteiger partial charge in [-0.05, 0) is 31.9 Å². The van der Waals surface area contributed by atoms with Gasteiger partial charge >= 0.3 is 5.69 Å². The molecular weight excluding hydrogens is 244 g/mol. The highest BCUT2D eigenvalue weighted by atomic mass is 35.5. The van der Waals surface area contributed by atoms with Gasteiger partial charge in [-0.2, -0.15) is 4.98 Å². The molecule has 0 aliphatic carbocycles. The molecule has 0 saturated heterocycles. The van der Waals surface area contributed by atoms with Crippen molar-refractivity contribution in [1.29, 1.82) is 0 Å². The van der Waals surface area contributed by atoms with Crippen molar-refractivity contribution >= 4 is 23.1 Å². The smallest absolute Gasteiger partial charge is 0.332 e. The molecule has 0 aromatic carbocycles. The molecular formula is C10H15ClN4O2. The highest BCUT2D eigenvalue weighted by Gasteiger charge is 2.25. The Hall–Kier alpha value is -1.43. The average Bonchev–Trinajstić information content (AvgIpc) is 2.23. The molecule has 0 aliphatic rings. The number of aryl methyl sites for hydroxylation is 1. The Morgan fingerprint density at radius 3 is 2.53 bits per heavy atom. The van der Waals surface area contributed by atoms with E-state index in [2.05, 4.69) is 9.97 Å². The lowest BCUT2D eigenvalue weighted by molar-refractivity contribution is -0.385. The van der Waals surface area contributed by atoms with Crippen molar-refractivity contribution in [3.8, 4) is 0 Å². The van der Waals surface area contributed by atoms with E-state index in [1.165, 1.54) is 0 Å². The van der Waals surface area contributed by atoms with E-state index in [1.807, 2.05) is 18.7 Å². The fourth-order valence-electron chi connectivity index (χ4n) is 1.64. The zero-order valence-corrected chi connectivity index (χ0v) is 10.9. The minimum absolute atomic E-state index is 0.0395. The van der Waals surface area contributed by atoms with Crippen LogP contribution in [-0.4, -0.2) is 28.0 Å². The highest BCUT2D eigenvalue weighted by Crippen LogP contribution is 2.29. The number of aromatic nitrogens is 2. The standard InChI is InChI=1S/C10H15ClN4O2/c1-4-6-14(5-2)9-8(15(16)17)7(3)12-10(11)13-9/h4-6H2,1-3H3. The molecule has 1 heterocycles. The van der Waals surface area contributed by atoms with E-state index in [1.54, 1.807) is 6.92 Å². The van der Waals surface area contributed by atoms with E-state index in [0.29, 0.717) is 24.6 Å². The van der Waals surface area contributed by atoms with Gasteiger partial charge in [-0.15, -0.1) is 0 Å². The van der Waals surface area contributed by atoms with E-state index < -0.39 is 4.92 Å². The fraction of sp³-hybridized carbons (Fsp3) is 0.600. The lowest BCUT2D eigenvalue weighted by Gasteiger charge is -2.21. The second-order valence-electron chi connectivity index (χ2n) is 3.59. The minimum Gasteiger partial charge on any atom is -0.351 e. The minimum atomic E-state index is -0.459. The number of rotatable bonds is 5. The summed E-state index contributed by atoms with van der Waals surface area (Å²) >= 11 is 5.76. The van der Waals surface area contributed by atoms with E-state index >= 15 is 0 Å². The van der Waals surface area contributed by atoms with Crippen LogP contribution in [-0.2, 0) is 0 Å². The van der Waals surface area contributed by atoms with Crippen molar-refractivity contribution in [3.05, 3.63) is 21.1 Å². The Balaban J connectivity index is 3.32. The van der Waals surface area contributed by atoms with Crippen molar-refractivity contribution < 1.29 is 4.92 Å². The van der Waals surface area contributed by atoms with Crippen LogP contribution in [0.5, 0.6) is 0 Å². The average molecular weight is 259 g/mol. The molecule has 0 N–H and O–H groups in total. The molecule has 0 aliphatic heterocycles. The molecule has 0 bridgehead atoms. The van der Waals surface area contributed by atoms with Crippen molar-refractivity contribution in [2.75, 3.05) is 18.0 Å². The first-order valence-electron chi connectivity index (χ1n) is 5.44. The first kappa shape index (κ1) is 13.6. The largest absolute Gasteiger partial charge is 0.351 e. The van der Waals surface area contributed by atoms with E-state index in [-0.39, 0.29) is 11.0 Å². The van der Waals surface area contributed by atoms with Crippen LogP contribution in [0.2, 0.25) is 5.28 Å². The fourth-order valence-corrected chi connectivity index (χ4v) is 1.84. The topological polar surface area (TPSA) is 72.2 Å². The van der Waals surface area contributed by atoms with E-state index in [9.17, 15) is 10.1 Å². The highest BCUT2D eigenvalue weighted by molar-refractivity contribution is 6.28. The summed E-state index contributed by atoms with van der Waals surface area (Å²) in [5.74, 6) is 0.303. The van der Waals surface area contributed by atoms with Crippen LogP contribution in [0, 0.1) is 17.0 Å². The van der Waals surface area contributed by atoms with Gasteiger partial charge in [0.25, 0.3) is 0 Å². The molecule has 7 heteroatoms. The van der Waals surface area contributed by atoms with Gasteiger partial charge in [0.15, 0.2) is 0 Å². The van der Waals surface area contributed by atoms with Crippen LogP contribution in [0.1, 0.15) is 26.0 Å². The number of hydrogen-bond acceptors (Lipinski definition) is 5. The molecule has 0 unspecified atom stereocenters. The molecule has 0 atom stereocenters. The van der Waals surface area contributed by atoms with Crippen molar-refractivity contribution in [1.82, 2.24) is 9.97 Å². The number of halogens is 1. The maximum absolute atomic E-state index is 11.0. The van der Waals surface area contributed by atoms with Gasteiger partial charge in [0.2, 0.25) is 11.1 Å². The van der Waals surface area contributed by atoms with Gasteiger partial charge in [-0.3, -0.25) is 10.1 Å². The molecule has 1 rings (SSSR count). The molecule has 0 spiro atoms. The summed E-state index contributed by atoms with van der Waals surface area (Å²) in [6, 6.07) is 0. The third kappa shape index (κ3) is 3.03. The molecule has 6 nitrogen and oxygen atoms in total. The van der Waals surface area contributed by atoms with Crippen LogP contribution in [0.15, 0.2) is 0 Å². The third-order valence-corrected chi connectivity index (χ3v) is 2.54. The maximum atomic E-state index is 11.0. The van der Waals surface area contributed by atoms with Crippen LogP contribution < -0.4 is 4.90 Å². The molecule has 0 radical (unpaired) electrons. The monoisotopic (exact) mass is 258 g/mol. The normalized spacial score (nSPS) is 10.4. The van der Waals surface area contributed by atoms with Crippen molar-refractivity contribution in [2.24, 2.45) is 0 Å². The summed E-state index contributed by atoms with van der Waals surface area (Å²) in [7, 11) is 0. The quantitative estimate of drug-likeness (QED) is 0.461. The summed E-state index contributed by atoms with van der Waals surface area (Å²) in [6.07, 6.45) is 0.881. The summed E-state index contributed by atoms with van der Waals surface area (Å²) in [4.78, 5) is 20.2. The summed E-state index contributed by atoms with van der Waals surface area (Å²) in [5, 5.41) is 11.1. The Morgan fingerprint density at radius 2 is 2.06 bits per heavy atom.